The maximum atomic E-state index is 9.68. The number of nitriles is 2. The van der Waals surface area contributed by atoms with Gasteiger partial charge in [-0.25, -0.2) is 0 Å². The van der Waals surface area contributed by atoms with Crippen LogP contribution in [-0.4, -0.2) is 9.13 Å². The zero-order chi connectivity index (χ0) is 32.6. The Bertz CT molecular complexity index is 2800. The Morgan fingerprint density at radius 3 is 1.65 bits per heavy atom. The van der Waals surface area contributed by atoms with Crippen molar-refractivity contribution in [2.75, 3.05) is 0 Å². The first kappa shape index (κ1) is 27.3. The largest absolute Gasteiger partial charge is 0.309 e. The second kappa shape index (κ2) is 10.3. The molecule has 1 aliphatic rings. The van der Waals surface area contributed by atoms with Gasteiger partial charge in [-0.1, -0.05) is 72.8 Å². The molecule has 9 aromatic rings. The molecule has 0 aliphatic heterocycles. The summed E-state index contributed by atoms with van der Waals surface area (Å²) < 4.78 is 4.64. The molecule has 7 aromatic carbocycles. The van der Waals surface area contributed by atoms with Gasteiger partial charge in [-0.15, -0.1) is 0 Å². The van der Waals surface area contributed by atoms with Gasteiger partial charge in [0.15, 0.2) is 0 Å². The maximum Gasteiger partial charge on any atom is 0.0991 e. The van der Waals surface area contributed by atoms with Gasteiger partial charge in [-0.2, -0.15) is 10.5 Å². The minimum atomic E-state index is 0.601. The van der Waals surface area contributed by atoms with Crippen molar-refractivity contribution >= 4 is 43.6 Å². The van der Waals surface area contributed by atoms with Crippen LogP contribution >= 0.6 is 0 Å². The van der Waals surface area contributed by atoms with Gasteiger partial charge in [0.1, 0.15) is 0 Å². The fourth-order valence-corrected chi connectivity index (χ4v) is 7.75. The zero-order valence-corrected chi connectivity index (χ0v) is 26.4. The molecular formula is C45H26N4. The van der Waals surface area contributed by atoms with Crippen LogP contribution in [0.25, 0.3) is 77.2 Å². The van der Waals surface area contributed by atoms with Crippen LogP contribution in [0, 0.1) is 22.7 Å². The number of fused-ring (bicyclic) bond motifs is 7. The van der Waals surface area contributed by atoms with Crippen LogP contribution in [0.15, 0.2) is 146 Å². The summed E-state index contributed by atoms with van der Waals surface area (Å²) >= 11 is 0. The van der Waals surface area contributed by atoms with Gasteiger partial charge in [-0.3, -0.25) is 0 Å². The molecule has 226 valence electrons. The van der Waals surface area contributed by atoms with E-state index in [0.29, 0.717) is 11.1 Å². The van der Waals surface area contributed by atoms with Gasteiger partial charge in [-0.05, 0) is 107 Å². The average Bonchev–Trinajstić information content (AvgIpc) is 3.79. The van der Waals surface area contributed by atoms with Crippen molar-refractivity contribution in [3.63, 3.8) is 0 Å². The second-order valence-electron chi connectivity index (χ2n) is 12.8. The van der Waals surface area contributed by atoms with E-state index >= 15 is 0 Å². The van der Waals surface area contributed by atoms with Crippen molar-refractivity contribution < 1.29 is 0 Å². The predicted octanol–water partition coefficient (Wildman–Crippen LogP) is 10.9. The molecule has 0 bridgehead atoms. The highest BCUT2D eigenvalue weighted by molar-refractivity contribution is 6.11. The van der Waals surface area contributed by atoms with E-state index in [9.17, 15) is 10.5 Å². The summed E-state index contributed by atoms with van der Waals surface area (Å²) in [6.07, 6.45) is 0.979. The highest BCUT2D eigenvalue weighted by Crippen LogP contribution is 2.45. The highest BCUT2D eigenvalue weighted by Gasteiger charge is 2.26. The number of hydrogen-bond donors (Lipinski definition) is 0. The SMILES string of the molecule is N#Cc1ccc2c(c1)c1cc(C#N)ccc1n2-c1ccccc1-c1cc(-c2ccc(-n3c4ccccc4c4ccccc43)cc2)cc2c1C2. The molecule has 4 nitrogen and oxygen atoms in total. The van der Waals surface area contributed by atoms with Gasteiger partial charge in [0.2, 0.25) is 0 Å². The third-order valence-electron chi connectivity index (χ3n) is 10.1. The number of benzene rings is 7. The first-order chi connectivity index (χ1) is 24.2. The quantitative estimate of drug-likeness (QED) is 0.196. The fraction of sp³-hybridized carbons (Fsp3) is 0.0222. The molecule has 0 unspecified atom stereocenters. The summed E-state index contributed by atoms with van der Waals surface area (Å²) in [5.74, 6) is 0. The summed E-state index contributed by atoms with van der Waals surface area (Å²) in [6.45, 7) is 0. The molecule has 4 heteroatoms. The van der Waals surface area contributed by atoms with Crippen molar-refractivity contribution in [3.8, 4) is 45.8 Å². The number of para-hydroxylation sites is 3. The van der Waals surface area contributed by atoms with E-state index in [0.717, 1.165) is 45.2 Å². The Hall–Kier alpha value is -6.88. The lowest BCUT2D eigenvalue weighted by molar-refractivity contribution is 1.18. The lowest BCUT2D eigenvalue weighted by Gasteiger charge is -2.15. The Kier molecular flexibility index (Phi) is 5.73. The Labute approximate surface area is 282 Å². The minimum Gasteiger partial charge on any atom is -0.309 e. The van der Waals surface area contributed by atoms with Crippen LogP contribution in [0.4, 0.5) is 0 Å². The van der Waals surface area contributed by atoms with Gasteiger partial charge in [0.05, 0.1) is 51.0 Å². The van der Waals surface area contributed by atoms with Crippen molar-refractivity contribution in [1.29, 1.82) is 10.5 Å². The van der Waals surface area contributed by atoms with Gasteiger partial charge in [0, 0.05) is 32.8 Å². The van der Waals surface area contributed by atoms with E-state index in [-0.39, 0.29) is 0 Å². The molecule has 2 heterocycles. The van der Waals surface area contributed by atoms with E-state index in [1.165, 1.54) is 49.6 Å². The van der Waals surface area contributed by atoms with Crippen molar-refractivity contribution in [2.24, 2.45) is 0 Å². The summed E-state index contributed by atoms with van der Waals surface area (Å²) in [4.78, 5) is 0. The Morgan fingerprint density at radius 2 is 1.02 bits per heavy atom. The summed E-state index contributed by atoms with van der Waals surface area (Å²) in [5, 5.41) is 23.8. The third kappa shape index (κ3) is 4.08. The molecule has 0 spiro atoms. The van der Waals surface area contributed by atoms with Crippen LogP contribution in [0.1, 0.15) is 22.3 Å². The normalized spacial score (nSPS) is 12.0. The monoisotopic (exact) mass is 622 g/mol. The van der Waals surface area contributed by atoms with E-state index in [1.807, 2.05) is 36.4 Å². The number of aromatic nitrogens is 2. The predicted molar refractivity (Wildman–Crippen MR) is 198 cm³/mol. The van der Waals surface area contributed by atoms with Crippen LogP contribution in [0.5, 0.6) is 0 Å². The molecule has 0 radical (unpaired) electrons. The molecule has 49 heavy (non-hydrogen) atoms. The molecule has 0 saturated carbocycles. The van der Waals surface area contributed by atoms with Crippen molar-refractivity contribution in [1.82, 2.24) is 9.13 Å². The molecular weight excluding hydrogens is 597 g/mol. The van der Waals surface area contributed by atoms with Gasteiger partial charge in [0.25, 0.3) is 0 Å². The third-order valence-corrected chi connectivity index (χ3v) is 10.1. The zero-order valence-electron chi connectivity index (χ0n) is 26.4. The topological polar surface area (TPSA) is 57.4 Å². The van der Waals surface area contributed by atoms with Crippen molar-refractivity contribution in [2.45, 2.75) is 6.42 Å². The standard InChI is InChI=1S/C45H26N4/c46-26-28-13-19-44-39(21-28)40-22-29(27-47)14-20-45(40)49(44)43-12-6-3-9-36(43)38-24-31(23-32-25-37(32)38)30-15-17-33(18-16-30)48-41-10-4-1-7-34(41)35-8-2-5-11-42(35)48/h1-24H,25H2. The first-order valence-corrected chi connectivity index (χ1v) is 16.4. The van der Waals surface area contributed by atoms with Crippen LogP contribution in [0.3, 0.4) is 0 Å². The van der Waals surface area contributed by atoms with E-state index < -0.39 is 0 Å². The van der Waals surface area contributed by atoms with Crippen LogP contribution < -0.4 is 0 Å². The number of rotatable bonds is 4. The molecule has 0 N–H and O–H groups in total. The molecule has 0 fully saturated rings. The highest BCUT2D eigenvalue weighted by atomic mass is 15.0. The molecule has 2 aromatic heterocycles. The minimum absolute atomic E-state index is 0.601. The van der Waals surface area contributed by atoms with Crippen LogP contribution in [-0.2, 0) is 6.42 Å². The summed E-state index contributed by atoms with van der Waals surface area (Å²) in [6, 6.07) is 55.7. The lowest BCUT2D eigenvalue weighted by atomic mass is 9.97. The van der Waals surface area contributed by atoms with Gasteiger partial charge >= 0.3 is 0 Å². The second-order valence-corrected chi connectivity index (χ2v) is 12.8. The van der Waals surface area contributed by atoms with E-state index in [4.69, 9.17) is 0 Å². The van der Waals surface area contributed by atoms with E-state index in [1.54, 1.807) is 0 Å². The molecule has 10 rings (SSSR count). The molecule has 0 atom stereocenters. The Balaban J connectivity index is 1.11. The van der Waals surface area contributed by atoms with E-state index in [2.05, 4.69) is 130 Å². The number of hydrogen-bond acceptors (Lipinski definition) is 2. The average molecular weight is 623 g/mol. The lowest BCUT2D eigenvalue weighted by Crippen LogP contribution is -1.97. The maximum absolute atomic E-state index is 9.68. The molecule has 0 amide bonds. The first-order valence-electron chi connectivity index (χ1n) is 16.4. The summed E-state index contributed by atoms with van der Waals surface area (Å²) in [7, 11) is 0. The fourth-order valence-electron chi connectivity index (χ4n) is 7.75. The smallest absolute Gasteiger partial charge is 0.0991 e. The van der Waals surface area contributed by atoms with Crippen molar-refractivity contribution in [3.05, 3.63) is 168 Å². The van der Waals surface area contributed by atoms with Gasteiger partial charge < -0.3 is 9.13 Å². The van der Waals surface area contributed by atoms with Crippen LogP contribution in [0.2, 0.25) is 0 Å². The molecule has 0 saturated heterocycles. The number of nitrogens with zero attached hydrogens (tertiary/aromatic N) is 4. The molecule has 1 aliphatic carbocycles. The summed E-state index contributed by atoms with van der Waals surface area (Å²) in [5.41, 5.74) is 15.4. The Morgan fingerprint density at radius 1 is 0.449 bits per heavy atom.